The van der Waals surface area contributed by atoms with Gasteiger partial charge >= 0.3 is 0 Å². The first-order valence-corrected chi connectivity index (χ1v) is 9.34. The summed E-state index contributed by atoms with van der Waals surface area (Å²) in [5.41, 5.74) is 5.06. The van der Waals surface area contributed by atoms with E-state index in [4.69, 9.17) is 5.84 Å². The zero-order chi connectivity index (χ0) is 19.2. The van der Waals surface area contributed by atoms with Gasteiger partial charge in [-0.2, -0.15) is 0 Å². The third-order valence-corrected chi connectivity index (χ3v) is 4.96. The predicted molar refractivity (Wildman–Crippen MR) is 108 cm³/mol. The number of nitrogens with one attached hydrogen (secondary N) is 1. The molecule has 0 amide bonds. The van der Waals surface area contributed by atoms with E-state index in [1.165, 1.54) is 16.7 Å². The fraction of sp³-hybridized carbons (Fsp3) is 0.455. The monoisotopic (exact) mass is 357 g/mol. The molecule has 2 aliphatic rings. The van der Waals surface area contributed by atoms with Crippen LogP contribution in [-0.2, 0) is 0 Å². The average molecular weight is 358 g/mol. The Labute approximate surface area is 157 Å². The molecule has 1 atom stereocenters. The Morgan fingerprint density at radius 2 is 2.15 bits per heavy atom. The summed E-state index contributed by atoms with van der Waals surface area (Å²) in [6, 6.07) is 0. The molecular formula is C22H32FN3. The van der Waals surface area contributed by atoms with Gasteiger partial charge < -0.3 is 5.32 Å². The SMILES string of the molecule is C=C(N/C(C)=C/C1=CCCC(C)=C1)C(C)(CC1=CCCC=C1)CN(N)F. The minimum Gasteiger partial charge on any atom is -0.362 e. The molecule has 26 heavy (non-hydrogen) atoms. The van der Waals surface area contributed by atoms with Crippen molar-refractivity contribution in [3.8, 4) is 0 Å². The molecule has 2 aliphatic carbocycles. The number of hydrogen-bond donors (Lipinski definition) is 2. The van der Waals surface area contributed by atoms with Crippen molar-refractivity contribution in [2.45, 2.75) is 52.9 Å². The van der Waals surface area contributed by atoms with Gasteiger partial charge in [-0.3, -0.25) is 0 Å². The van der Waals surface area contributed by atoms with Crippen molar-refractivity contribution in [1.82, 2.24) is 10.5 Å². The first-order valence-electron chi connectivity index (χ1n) is 9.34. The summed E-state index contributed by atoms with van der Waals surface area (Å²) < 4.78 is 13.5. The molecular weight excluding hydrogens is 325 g/mol. The minimum atomic E-state index is -0.515. The molecule has 0 aromatic rings. The lowest BCUT2D eigenvalue weighted by Crippen LogP contribution is -2.40. The lowest BCUT2D eigenvalue weighted by Gasteiger charge is -2.34. The van der Waals surface area contributed by atoms with E-state index in [0.29, 0.717) is 6.42 Å². The third-order valence-electron chi connectivity index (χ3n) is 4.96. The van der Waals surface area contributed by atoms with E-state index in [0.717, 1.165) is 37.1 Å². The van der Waals surface area contributed by atoms with Crippen LogP contribution in [0.4, 0.5) is 4.48 Å². The van der Waals surface area contributed by atoms with Gasteiger partial charge in [-0.05, 0) is 57.6 Å². The summed E-state index contributed by atoms with van der Waals surface area (Å²) in [6.07, 6.45) is 18.1. The quantitative estimate of drug-likeness (QED) is 0.347. The van der Waals surface area contributed by atoms with E-state index in [2.05, 4.69) is 55.3 Å². The zero-order valence-electron chi connectivity index (χ0n) is 16.3. The second kappa shape index (κ2) is 9.15. The lowest BCUT2D eigenvalue weighted by molar-refractivity contribution is -0.00794. The fourth-order valence-electron chi connectivity index (χ4n) is 3.50. The maximum absolute atomic E-state index is 13.5. The summed E-state index contributed by atoms with van der Waals surface area (Å²) in [4.78, 5) is 0. The number of halogens is 1. The molecule has 0 aromatic heterocycles. The molecule has 3 N–H and O–H groups in total. The third kappa shape index (κ3) is 6.11. The van der Waals surface area contributed by atoms with E-state index < -0.39 is 5.41 Å². The van der Waals surface area contributed by atoms with Crippen molar-refractivity contribution in [2.24, 2.45) is 11.3 Å². The first kappa shape index (κ1) is 20.4. The molecule has 0 fully saturated rings. The molecule has 142 valence electrons. The molecule has 0 spiro atoms. The molecule has 0 bridgehead atoms. The second-order valence-electron chi connectivity index (χ2n) is 7.72. The zero-order valence-corrected chi connectivity index (χ0v) is 16.3. The Bertz CT molecular complexity index is 680. The highest BCUT2D eigenvalue weighted by Gasteiger charge is 2.31. The fourth-order valence-corrected chi connectivity index (χ4v) is 3.50. The number of allylic oxidation sites excluding steroid dienone is 10. The highest BCUT2D eigenvalue weighted by Crippen LogP contribution is 2.35. The van der Waals surface area contributed by atoms with Crippen molar-refractivity contribution >= 4 is 0 Å². The van der Waals surface area contributed by atoms with Gasteiger partial charge in [-0.1, -0.05) is 60.3 Å². The largest absolute Gasteiger partial charge is 0.362 e. The molecule has 0 heterocycles. The Morgan fingerprint density at radius 1 is 1.38 bits per heavy atom. The van der Waals surface area contributed by atoms with Crippen LogP contribution in [0.25, 0.3) is 0 Å². The molecule has 3 nitrogen and oxygen atoms in total. The van der Waals surface area contributed by atoms with E-state index in [9.17, 15) is 4.48 Å². The van der Waals surface area contributed by atoms with Crippen LogP contribution in [0.5, 0.6) is 0 Å². The van der Waals surface area contributed by atoms with Crippen LogP contribution in [0, 0.1) is 5.41 Å². The summed E-state index contributed by atoms with van der Waals surface area (Å²) in [7, 11) is 0. The standard InChI is InChI=1S/C22H32FN3/c1-17-9-8-12-21(13-17)14-18(2)25-19(3)22(4,16-26(23)24)15-20-10-6-5-7-11-20/h6,10-14,25H,3,5,7-9,15-16,24H2,1-2,4H3/b18-14+. The molecule has 2 rings (SSSR count). The first-order chi connectivity index (χ1) is 12.3. The highest BCUT2D eigenvalue weighted by molar-refractivity contribution is 5.38. The van der Waals surface area contributed by atoms with E-state index in [1.807, 2.05) is 13.8 Å². The van der Waals surface area contributed by atoms with Crippen molar-refractivity contribution in [2.75, 3.05) is 6.54 Å². The Balaban J connectivity index is 2.11. The lowest BCUT2D eigenvalue weighted by atomic mass is 9.79. The topological polar surface area (TPSA) is 41.3 Å². The van der Waals surface area contributed by atoms with Gasteiger partial charge in [0.05, 0.1) is 6.54 Å². The van der Waals surface area contributed by atoms with Crippen LogP contribution in [0.1, 0.15) is 52.9 Å². The Morgan fingerprint density at radius 3 is 2.77 bits per heavy atom. The van der Waals surface area contributed by atoms with Gasteiger partial charge in [0.1, 0.15) is 0 Å². The van der Waals surface area contributed by atoms with Crippen LogP contribution in [-0.4, -0.2) is 11.8 Å². The normalized spacial score (nSPS) is 20.2. The van der Waals surface area contributed by atoms with Crippen molar-refractivity contribution in [3.05, 3.63) is 71.1 Å². The number of rotatable bonds is 8. The smallest absolute Gasteiger partial charge is 0.0561 e. The maximum atomic E-state index is 13.5. The minimum absolute atomic E-state index is 0.0823. The number of nitrogens with two attached hydrogens (primary N) is 1. The summed E-state index contributed by atoms with van der Waals surface area (Å²) in [5.74, 6) is 5.35. The van der Waals surface area contributed by atoms with E-state index >= 15 is 0 Å². The Kier molecular flexibility index (Phi) is 7.18. The summed E-state index contributed by atoms with van der Waals surface area (Å²) in [6.45, 7) is 10.5. The predicted octanol–water partition coefficient (Wildman–Crippen LogP) is 5.39. The molecule has 0 radical (unpaired) electrons. The van der Waals surface area contributed by atoms with Crippen molar-refractivity contribution in [1.29, 1.82) is 0 Å². The number of nitrogens with zero attached hydrogens (tertiary/aromatic N) is 1. The highest BCUT2D eigenvalue weighted by atomic mass is 19.2. The van der Waals surface area contributed by atoms with E-state index in [1.54, 1.807) is 0 Å². The number of hydrogen-bond acceptors (Lipinski definition) is 3. The molecule has 0 aromatic carbocycles. The van der Waals surface area contributed by atoms with E-state index in [-0.39, 0.29) is 11.8 Å². The maximum Gasteiger partial charge on any atom is 0.0561 e. The summed E-state index contributed by atoms with van der Waals surface area (Å²) >= 11 is 0. The second-order valence-corrected chi connectivity index (χ2v) is 7.72. The van der Waals surface area contributed by atoms with Gasteiger partial charge in [0.25, 0.3) is 0 Å². The van der Waals surface area contributed by atoms with Crippen molar-refractivity contribution < 1.29 is 4.48 Å². The van der Waals surface area contributed by atoms with Crippen LogP contribution in [0.15, 0.2) is 71.1 Å². The van der Waals surface area contributed by atoms with Crippen LogP contribution < -0.4 is 11.2 Å². The molecule has 0 aliphatic heterocycles. The number of hydrazine groups is 1. The molecule has 4 heteroatoms. The molecule has 0 saturated heterocycles. The van der Waals surface area contributed by atoms with Crippen LogP contribution in [0.3, 0.4) is 0 Å². The molecule has 0 saturated carbocycles. The van der Waals surface area contributed by atoms with Crippen LogP contribution in [0.2, 0.25) is 0 Å². The summed E-state index contributed by atoms with van der Waals surface area (Å²) in [5, 5.41) is 3.63. The van der Waals surface area contributed by atoms with Crippen molar-refractivity contribution in [3.63, 3.8) is 0 Å². The van der Waals surface area contributed by atoms with Gasteiger partial charge in [-0.15, -0.1) is 4.48 Å². The van der Waals surface area contributed by atoms with Crippen LogP contribution >= 0.6 is 0 Å². The average Bonchev–Trinajstić information content (AvgIpc) is 2.54. The van der Waals surface area contributed by atoms with Gasteiger partial charge in [0, 0.05) is 16.8 Å². The van der Waals surface area contributed by atoms with Gasteiger partial charge in [0.2, 0.25) is 0 Å². The Hall–Kier alpha value is -1.91. The van der Waals surface area contributed by atoms with Gasteiger partial charge in [-0.25, -0.2) is 5.84 Å². The van der Waals surface area contributed by atoms with Gasteiger partial charge in [0.15, 0.2) is 0 Å². The molecule has 1 unspecified atom stereocenters.